The molecule has 0 radical (unpaired) electrons. The number of nitrogens with zero attached hydrogens (tertiary/aromatic N) is 2. The van der Waals surface area contributed by atoms with Gasteiger partial charge in [0, 0.05) is 38.6 Å². The Hall–Kier alpha value is -1.40. The van der Waals surface area contributed by atoms with Gasteiger partial charge in [-0.2, -0.15) is 0 Å². The van der Waals surface area contributed by atoms with Crippen LogP contribution in [0.1, 0.15) is 52.0 Å². The van der Waals surface area contributed by atoms with E-state index in [0.717, 1.165) is 25.2 Å². The third-order valence-corrected chi connectivity index (χ3v) is 3.78. The van der Waals surface area contributed by atoms with Gasteiger partial charge in [0.15, 0.2) is 0 Å². The lowest BCUT2D eigenvalue weighted by Crippen LogP contribution is -2.37. The summed E-state index contributed by atoms with van der Waals surface area (Å²) in [6.07, 6.45) is 5.84. The topological polar surface area (TPSA) is 65.4 Å². The lowest BCUT2D eigenvalue weighted by Gasteiger charge is -2.20. The van der Waals surface area contributed by atoms with E-state index in [-0.39, 0.29) is 24.2 Å². The Kier molecular flexibility index (Phi) is 6.39. The minimum Gasteiger partial charge on any atom is -0.379 e. The molecule has 6 heteroatoms. The first-order chi connectivity index (χ1) is 10.6. The molecule has 22 heavy (non-hydrogen) atoms. The second kappa shape index (κ2) is 8.29. The number of aromatic nitrogens is 2. The van der Waals surface area contributed by atoms with Gasteiger partial charge >= 0.3 is 0 Å². The van der Waals surface area contributed by atoms with Crippen molar-refractivity contribution in [2.75, 3.05) is 13.2 Å². The van der Waals surface area contributed by atoms with Gasteiger partial charge in [0.2, 0.25) is 5.91 Å². The van der Waals surface area contributed by atoms with E-state index in [4.69, 9.17) is 9.47 Å². The Balaban J connectivity index is 1.82. The molecule has 0 saturated carbocycles. The normalized spacial score (nSPS) is 21.5. The Morgan fingerprint density at radius 1 is 1.59 bits per heavy atom. The maximum Gasteiger partial charge on any atom is 0.220 e. The van der Waals surface area contributed by atoms with Crippen molar-refractivity contribution in [3.63, 3.8) is 0 Å². The first-order valence-corrected chi connectivity index (χ1v) is 8.15. The van der Waals surface area contributed by atoms with Crippen molar-refractivity contribution in [3.8, 4) is 0 Å². The van der Waals surface area contributed by atoms with Crippen molar-refractivity contribution in [1.82, 2.24) is 14.9 Å². The summed E-state index contributed by atoms with van der Waals surface area (Å²) in [7, 11) is 0. The van der Waals surface area contributed by atoms with Crippen molar-refractivity contribution in [2.45, 2.75) is 64.8 Å². The number of ether oxygens (including phenoxy) is 2. The molecule has 1 aromatic rings. The number of hydrogen-bond donors (Lipinski definition) is 1. The van der Waals surface area contributed by atoms with Gasteiger partial charge in [-0.1, -0.05) is 0 Å². The third kappa shape index (κ3) is 4.55. The molecule has 1 aliphatic rings. The zero-order valence-corrected chi connectivity index (χ0v) is 13.7. The monoisotopic (exact) mass is 309 g/mol. The molecule has 0 aromatic carbocycles. The fourth-order valence-corrected chi connectivity index (χ4v) is 2.67. The van der Waals surface area contributed by atoms with Crippen LogP contribution in [0.4, 0.5) is 0 Å². The van der Waals surface area contributed by atoms with Crippen LogP contribution in [0, 0.1) is 0 Å². The van der Waals surface area contributed by atoms with E-state index < -0.39 is 0 Å². The first-order valence-electron chi connectivity index (χ1n) is 8.15. The van der Waals surface area contributed by atoms with Crippen LogP contribution in [0.5, 0.6) is 0 Å². The molecule has 1 fully saturated rings. The van der Waals surface area contributed by atoms with E-state index in [1.54, 1.807) is 6.20 Å². The fourth-order valence-electron chi connectivity index (χ4n) is 2.67. The van der Waals surface area contributed by atoms with Crippen LogP contribution < -0.4 is 5.32 Å². The zero-order chi connectivity index (χ0) is 15.9. The van der Waals surface area contributed by atoms with E-state index in [1.165, 1.54) is 0 Å². The van der Waals surface area contributed by atoms with Crippen LogP contribution in [0.3, 0.4) is 0 Å². The molecule has 2 rings (SSSR count). The summed E-state index contributed by atoms with van der Waals surface area (Å²) in [6.45, 7) is 8.19. The van der Waals surface area contributed by atoms with Crippen LogP contribution in [-0.4, -0.2) is 40.8 Å². The third-order valence-electron chi connectivity index (χ3n) is 3.78. The van der Waals surface area contributed by atoms with Gasteiger partial charge in [0.25, 0.3) is 0 Å². The van der Waals surface area contributed by atoms with Gasteiger partial charge < -0.3 is 19.4 Å². The number of nitrogens with one attached hydrogen (secondary N) is 1. The smallest absolute Gasteiger partial charge is 0.220 e. The van der Waals surface area contributed by atoms with E-state index in [2.05, 4.69) is 21.8 Å². The maximum absolute atomic E-state index is 12.1. The van der Waals surface area contributed by atoms with E-state index in [9.17, 15) is 4.79 Å². The molecule has 1 saturated heterocycles. The molecule has 0 bridgehead atoms. The minimum atomic E-state index is -0.147. The summed E-state index contributed by atoms with van der Waals surface area (Å²) >= 11 is 0. The fraction of sp³-hybridized carbons (Fsp3) is 0.750. The molecule has 0 unspecified atom stereocenters. The molecule has 1 amide bonds. The highest BCUT2D eigenvalue weighted by Crippen LogP contribution is 2.28. The Bertz CT molecular complexity index is 473. The lowest BCUT2D eigenvalue weighted by atomic mass is 10.1. The van der Waals surface area contributed by atoms with Crippen molar-refractivity contribution < 1.29 is 14.3 Å². The average molecular weight is 309 g/mol. The lowest BCUT2D eigenvalue weighted by molar-refractivity contribution is -0.122. The van der Waals surface area contributed by atoms with Gasteiger partial charge in [0.1, 0.15) is 11.9 Å². The van der Waals surface area contributed by atoms with Gasteiger partial charge in [-0.15, -0.1) is 0 Å². The van der Waals surface area contributed by atoms with Crippen molar-refractivity contribution in [3.05, 3.63) is 18.2 Å². The summed E-state index contributed by atoms with van der Waals surface area (Å²) in [5.41, 5.74) is 0. The standard InChI is InChI=1S/C16H27N3O3/c1-4-19-9-8-17-16(19)15-13(7-11-22-15)18-14(20)6-5-10-21-12(2)3/h8-9,12-13,15H,4-7,10-11H2,1-3H3,(H,18,20)/t13-,15-/m0/s1. The van der Waals surface area contributed by atoms with E-state index >= 15 is 0 Å². The van der Waals surface area contributed by atoms with E-state index in [0.29, 0.717) is 19.6 Å². The van der Waals surface area contributed by atoms with Gasteiger partial charge in [0.05, 0.1) is 12.1 Å². The number of aryl methyl sites for hydroxylation is 1. The summed E-state index contributed by atoms with van der Waals surface area (Å²) in [4.78, 5) is 16.5. The average Bonchev–Trinajstić information content (AvgIpc) is 3.11. The number of imidazole rings is 1. The molecule has 0 aliphatic carbocycles. The minimum absolute atomic E-state index is 0.00576. The van der Waals surface area contributed by atoms with Crippen LogP contribution in [-0.2, 0) is 20.8 Å². The quantitative estimate of drug-likeness (QED) is 0.747. The van der Waals surface area contributed by atoms with Gasteiger partial charge in [-0.05, 0) is 33.6 Å². The molecule has 2 heterocycles. The number of carbonyl (C=O) groups excluding carboxylic acids is 1. The number of hydrogen-bond acceptors (Lipinski definition) is 4. The van der Waals surface area contributed by atoms with Crippen LogP contribution in [0.15, 0.2) is 12.4 Å². The zero-order valence-electron chi connectivity index (χ0n) is 13.7. The number of rotatable bonds is 8. The molecule has 6 nitrogen and oxygen atoms in total. The summed E-state index contributed by atoms with van der Waals surface area (Å²) in [5, 5.41) is 3.08. The first kappa shape index (κ1) is 17.0. The number of carbonyl (C=O) groups is 1. The highest BCUT2D eigenvalue weighted by molar-refractivity contribution is 5.76. The summed E-state index contributed by atoms with van der Waals surface area (Å²) < 4.78 is 13.3. The second-order valence-electron chi connectivity index (χ2n) is 5.85. The predicted octanol–water partition coefficient (Wildman–Crippen LogP) is 2.05. The van der Waals surface area contributed by atoms with Crippen molar-refractivity contribution in [1.29, 1.82) is 0 Å². The van der Waals surface area contributed by atoms with Crippen LogP contribution in [0.2, 0.25) is 0 Å². The Morgan fingerprint density at radius 2 is 2.41 bits per heavy atom. The molecule has 2 atom stereocenters. The highest BCUT2D eigenvalue weighted by atomic mass is 16.5. The highest BCUT2D eigenvalue weighted by Gasteiger charge is 2.33. The van der Waals surface area contributed by atoms with Crippen LogP contribution >= 0.6 is 0 Å². The van der Waals surface area contributed by atoms with Crippen LogP contribution in [0.25, 0.3) is 0 Å². The maximum atomic E-state index is 12.1. The Labute approximate surface area is 132 Å². The molecule has 1 aromatic heterocycles. The van der Waals surface area contributed by atoms with E-state index in [1.807, 2.05) is 20.0 Å². The largest absolute Gasteiger partial charge is 0.379 e. The van der Waals surface area contributed by atoms with Gasteiger partial charge in [-0.3, -0.25) is 4.79 Å². The molecular weight excluding hydrogens is 282 g/mol. The number of amides is 1. The molecular formula is C16H27N3O3. The molecule has 0 spiro atoms. The second-order valence-corrected chi connectivity index (χ2v) is 5.85. The summed E-state index contributed by atoms with van der Waals surface area (Å²) in [6, 6.07) is 0.00576. The molecule has 1 N–H and O–H groups in total. The Morgan fingerprint density at radius 3 is 3.14 bits per heavy atom. The van der Waals surface area contributed by atoms with Crippen molar-refractivity contribution >= 4 is 5.91 Å². The van der Waals surface area contributed by atoms with Gasteiger partial charge in [-0.25, -0.2) is 4.98 Å². The van der Waals surface area contributed by atoms with Crippen molar-refractivity contribution in [2.24, 2.45) is 0 Å². The molecule has 1 aliphatic heterocycles. The predicted molar refractivity (Wildman–Crippen MR) is 83.5 cm³/mol. The SMILES string of the molecule is CCn1ccnc1[C@H]1OCC[C@@H]1NC(=O)CCCOC(C)C. The summed E-state index contributed by atoms with van der Waals surface area (Å²) in [5.74, 6) is 0.955. The molecule has 124 valence electrons.